The molecule has 108 valence electrons. The molecule has 0 radical (unpaired) electrons. The number of carbonyl (C=O) groups is 1. The average Bonchev–Trinajstić information content (AvgIpc) is 3.03. The van der Waals surface area contributed by atoms with Crippen molar-refractivity contribution in [2.75, 3.05) is 24.6 Å². The molecule has 3 unspecified atom stereocenters. The lowest BCUT2D eigenvalue weighted by atomic mass is 9.98. The van der Waals surface area contributed by atoms with Gasteiger partial charge in [0.05, 0.1) is 12.0 Å². The molecule has 2 aliphatic heterocycles. The van der Waals surface area contributed by atoms with Gasteiger partial charge in [-0.1, -0.05) is 18.2 Å². The zero-order chi connectivity index (χ0) is 14.1. The van der Waals surface area contributed by atoms with E-state index in [0.29, 0.717) is 19.1 Å². The zero-order valence-corrected chi connectivity index (χ0v) is 11.9. The highest BCUT2D eigenvalue weighted by Gasteiger charge is 2.38. The molecule has 1 aromatic carbocycles. The van der Waals surface area contributed by atoms with Gasteiger partial charge < -0.3 is 15.4 Å². The van der Waals surface area contributed by atoms with Gasteiger partial charge in [-0.05, 0) is 37.9 Å². The summed E-state index contributed by atoms with van der Waals surface area (Å²) in [5.74, 6) is 0.583. The maximum atomic E-state index is 12.8. The van der Waals surface area contributed by atoms with Gasteiger partial charge in [-0.3, -0.25) is 4.79 Å². The molecule has 0 aromatic heterocycles. The van der Waals surface area contributed by atoms with Gasteiger partial charge >= 0.3 is 0 Å². The van der Waals surface area contributed by atoms with Crippen molar-refractivity contribution in [3.8, 4) is 0 Å². The van der Waals surface area contributed by atoms with Gasteiger partial charge in [-0.15, -0.1) is 0 Å². The lowest BCUT2D eigenvalue weighted by Gasteiger charge is -2.23. The number of hydrogen-bond donors (Lipinski definition) is 1. The second-order valence-electron chi connectivity index (χ2n) is 5.75. The van der Waals surface area contributed by atoms with Crippen molar-refractivity contribution < 1.29 is 9.53 Å². The van der Waals surface area contributed by atoms with Crippen molar-refractivity contribution in [2.24, 2.45) is 11.7 Å². The van der Waals surface area contributed by atoms with Gasteiger partial charge in [-0.2, -0.15) is 0 Å². The molecular formula is C16H22N2O2. The molecule has 0 saturated carbocycles. The van der Waals surface area contributed by atoms with Crippen molar-refractivity contribution in [1.82, 2.24) is 0 Å². The van der Waals surface area contributed by atoms with E-state index in [0.717, 1.165) is 25.1 Å². The van der Waals surface area contributed by atoms with E-state index in [-0.39, 0.29) is 17.9 Å². The maximum Gasteiger partial charge on any atom is 0.232 e. The van der Waals surface area contributed by atoms with Gasteiger partial charge in [0.2, 0.25) is 5.91 Å². The molecule has 1 fully saturated rings. The van der Waals surface area contributed by atoms with E-state index in [4.69, 9.17) is 10.5 Å². The lowest BCUT2D eigenvalue weighted by molar-refractivity contribution is -0.123. The Kier molecular flexibility index (Phi) is 3.76. The Bertz CT molecular complexity index is 503. The van der Waals surface area contributed by atoms with E-state index >= 15 is 0 Å². The molecule has 4 nitrogen and oxygen atoms in total. The lowest BCUT2D eigenvalue weighted by Crippen LogP contribution is -2.38. The van der Waals surface area contributed by atoms with E-state index in [1.807, 2.05) is 30.0 Å². The molecule has 2 N–H and O–H groups in total. The monoisotopic (exact) mass is 274 g/mol. The van der Waals surface area contributed by atoms with Gasteiger partial charge in [0.1, 0.15) is 0 Å². The molecule has 0 spiro atoms. The third-order valence-electron chi connectivity index (χ3n) is 4.54. The van der Waals surface area contributed by atoms with Crippen LogP contribution in [0.15, 0.2) is 24.3 Å². The third-order valence-corrected chi connectivity index (χ3v) is 4.54. The first kappa shape index (κ1) is 13.6. The molecule has 4 heteroatoms. The fourth-order valence-corrected chi connectivity index (χ4v) is 3.41. The van der Waals surface area contributed by atoms with Gasteiger partial charge in [0.25, 0.3) is 0 Å². The van der Waals surface area contributed by atoms with Gasteiger partial charge in [0, 0.05) is 24.8 Å². The summed E-state index contributed by atoms with van der Waals surface area (Å²) in [4.78, 5) is 14.7. The number of para-hydroxylation sites is 1. The molecule has 20 heavy (non-hydrogen) atoms. The van der Waals surface area contributed by atoms with Crippen LogP contribution in [-0.2, 0) is 9.53 Å². The molecule has 3 atom stereocenters. The Labute approximate surface area is 119 Å². The Balaban J connectivity index is 1.86. The maximum absolute atomic E-state index is 12.8. The predicted molar refractivity (Wildman–Crippen MR) is 78.7 cm³/mol. The van der Waals surface area contributed by atoms with E-state index in [9.17, 15) is 4.79 Å². The van der Waals surface area contributed by atoms with Gasteiger partial charge in [-0.25, -0.2) is 0 Å². The van der Waals surface area contributed by atoms with Crippen LogP contribution in [0.4, 0.5) is 5.69 Å². The minimum absolute atomic E-state index is 0.000294. The van der Waals surface area contributed by atoms with Crippen molar-refractivity contribution in [3.05, 3.63) is 29.8 Å². The van der Waals surface area contributed by atoms with Crippen LogP contribution in [0.3, 0.4) is 0 Å². The van der Waals surface area contributed by atoms with Crippen molar-refractivity contribution in [3.63, 3.8) is 0 Å². The van der Waals surface area contributed by atoms with Crippen LogP contribution in [0.25, 0.3) is 0 Å². The summed E-state index contributed by atoms with van der Waals surface area (Å²) >= 11 is 0. The number of carbonyl (C=O) groups excluding carboxylic acids is 1. The minimum Gasteiger partial charge on any atom is -0.378 e. The molecule has 2 heterocycles. The normalized spacial score (nSPS) is 28.7. The van der Waals surface area contributed by atoms with Crippen LogP contribution < -0.4 is 10.6 Å². The van der Waals surface area contributed by atoms with E-state index in [1.165, 1.54) is 5.56 Å². The van der Waals surface area contributed by atoms with Crippen LogP contribution in [0.5, 0.6) is 0 Å². The third kappa shape index (κ3) is 2.23. The van der Waals surface area contributed by atoms with Crippen LogP contribution in [0.2, 0.25) is 0 Å². The largest absolute Gasteiger partial charge is 0.378 e. The Morgan fingerprint density at radius 3 is 2.95 bits per heavy atom. The smallest absolute Gasteiger partial charge is 0.232 e. The second-order valence-corrected chi connectivity index (χ2v) is 5.75. The number of anilines is 1. The summed E-state index contributed by atoms with van der Waals surface area (Å²) in [6.45, 7) is 4.11. The van der Waals surface area contributed by atoms with Crippen LogP contribution in [0.1, 0.15) is 31.2 Å². The number of fused-ring (bicyclic) bond motifs is 1. The number of nitrogens with two attached hydrogens (primary N) is 1. The Morgan fingerprint density at radius 2 is 2.25 bits per heavy atom. The highest BCUT2D eigenvalue weighted by atomic mass is 16.5. The van der Waals surface area contributed by atoms with Crippen LogP contribution in [-0.4, -0.2) is 31.7 Å². The number of ether oxygens (including phenoxy) is 1. The average molecular weight is 274 g/mol. The fourth-order valence-electron chi connectivity index (χ4n) is 3.41. The number of benzene rings is 1. The standard InChI is InChI=1S/C16H22N2O2/c1-11-13(7-9-20-11)16(19)18-10-12(6-8-17)14-4-2-3-5-15(14)18/h2-5,11-13H,6-10,17H2,1H3. The van der Waals surface area contributed by atoms with Crippen LogP contribution >= 0.6 is 0 Å². The van der Waals surface area contributed by atoms with Gasteiger partial charge in [0.15, 0.2) is 0 Å². The number of hydrogen-bond acceptors (Lipinski definition) is 3. The number of rotatable bonds is 3. The molecule has 0 aliphatic carbocycles. The first-order chi connectivity index (χ1) is 9.72. The zero-order valence-electron chi connectivity index (χ0n) is 11.9. The molecule has 2 aliphatic rings. The topological polar surface area (TPSA) is 55.6 Å². The predicted octanol–water partition coefficient (Wildman–Crippen LogP) is 1.89. The van der Waals surface area contributed by atoms with Crippen molar-refractivity contribution in [2.45, 2.75) is 31.8 Å². The van der Waals surface area contributed by atoms with Crippen molar-refractivity contribution in [1.29, 1.82) is 0 Å². The summed E-state index contributed by atoms with van der Waals surface area (Å²) in [5.41, 5.74) is 8.03. The summed E-state index contributed by atoms with van der Waals surface area (Å²) in [7, 11) is 0. The highest BCUT2D eigenvalue weighted by Crippen LogP contribution is 2.39. The summed E-state index contributed by atoms with van der Waals surface area (Å²) in [6, 6.07) is 8.21. The molecule has 3 rings (SSSR count). The highest BCUT2D eigenvalue weighted by molar-refractivity contribution is 5.97. The fraction of sp³-hybridized carbons (Fsp3) is 0.562. The minimum atomic E-state index is -0.000294. The summed E-state index contributed by atoms with van der Waals surface area (Å²) in [6.07, 6.45) is 1.79. The molecule has 0 bridgehead atoms. The Morgan fingerprint density at radius 1 is 1.45 bits per heavy atom. The summed E-state index contributed by atoms with van der Waals surface area (Å²) < 4.78 is 5.54. The molecular weight excluding hydrogens is 252 g/mol. The molecule has 1 saturated heterocycles. The quantitative estimate of drug-likeness (QED) is 0.915. The first-order valence-corrected chi connectivity index (χ1v) is 7.44. The SMILES string of the molecule is CC1OCCC1C(=O)N1CC(CCN)c2ccccc21. The number of nitrogens with zero attached hydrogens (tertiary/aromatic N) is 1. The van der Waals surface area contributed by atoms with E-state index in [1.54, 1.807) is 0 Å². The molecule has 1 amide bonds. The van der Waals surface area contributed by atoms with Crippen LogP contribution in [0, 0.1) is 5.92 Å². The van der Waals surface area contributed by atoms with E-state index < -0.39 is 0 Å². The second kappa shape index (κ2) is 5.54. The van der Waals surface area contributed by atoms with Crippen molar-refractivity contribution >= 4 is 11.6 Å². The van der Waals surface area contributed by atoms with E-state index in [2.05, 4.69) is 6.07 Å². The number of amides is 1. The first-order valence-electron chi connectivity index (χ1n) is 7.44. The Hall–Kier alpha value is -1.39. The summed E-state index contributed by atoms with van der Waals surface area (Å²) in [5, 5.41) is 0. The molecule has 1 aromatic rings.